The Labute approximate surface area is 133 Å². The lowest BCUT2D eigenvalue weighted by molar-refractivity contribution is -0.182. The van der Waals surface area contributed by atoms with Crippen LogP contribution in [0.5, 0.6) is 0 Å². The molecule has 2 fully saturated rings. The smallest absolute Gasteiger partial charge is 0.227 e. The van der Waals surface area contributed by atoms with Crippen LogP contribution < -0.4 is 5.32 Å². The Balaban J connectivity index is 1.59. The van der Waals surface area contributed by atoms with Gasteiger partial charge in [-0.2, -0.15) is 0 Å². The summed E-state index contributed by atoms with van der Waals surface area (Å²) in [5, 5.41) is 3.90. The summed E-state index contributed by atoms with van der Waals surface area (Å²) in [6, 6.07) is 5.02. The van der Waals surface area contributed by atoms with Crippen LogP contribution in [0.1, 0.15) is 25.7 Å². The van der Waals surface area contributed by atoms with E-state index in [0.717, 1.165) is 25.7 Å². The van der Waals surface area contributed by atoms with Crippen LogP contribution in [0, 0.1) is 5.92 Å². The van der Waals surface area contributed by atoms with Crippen molar-refractivity contribution in [2.45, 2.75) is 31.5 Å². The molecule has 1 spiro atoms. The molecule has 0 aromatic heterocycles. The van der Waals surface area contributed by atoms with Crippen molar-refractivity contribution in [3.05, 3.63) is 28.2 Å². The molecule has 21 heavy (non-hydrogen) atoms. The van der Waals surface area contributed by atoms with Crippen molar-refractivity contribution in [3.8, 4) is 0 Å². The maximum absolute atomic E-state index is 12.3. The number of nitrogens with one attached hydrogen (secondary N) is 1. The monoisotopic (exact) mass is 329 g/mol. The standard InChI is InChI=1S/C15H17Cl2NO3/c16-11-7-12(17)9-13(8-11)18-14(19)10-1-3-15(4-2-10)20-5-6-21-15/h7-10H,1-6H2,(H,18,19). The molecule has 1 heterocycles. The minimum Gasteiger partial charge on any atom is -0.348 e. The third-order valence-corrected chi connectivity index (χ3v) is 4.50. The summed E-state index contributed by atoms with van der Waals surface area (Å²) in [5.74, 6) is -0.460. The van der Waals surface area contributed by atoms with Gasteiger partial charge in [0, 0.05) is 34.5 Å². The first-order valence-corrected chi connectivity index (χ1v) is 7.87. The van der Waals surface area contributed by atoms with E-state index in [1.54, 1.807) is 18.2 Å². The van der Waals surface area contributed by atoms with Crippen LogP contribution in [0.15, 0.2) is 18.2 Å². The number of carbonyl (C=O) groups excluding carboxylic acids is 1. The summed E-state index contributed by atoms with van der Waals surface area (Å²) in [6.45, 7) is 1.30. The molecule has 1 saturated heterocycles. The molecular weight excluding hydrogens is 313 g/mol. The fourth-order valence-electron chi connectivity index (χ4n) is 2.98. The van der Waals surface area contributed by atoms with Gasteiger partial charge in [-0.25, -0.2) is 0 Å². The SMILES string of the molecule is O=C(Nc1cc(Cl)cc(Cl)c1)C1CCC2(CC1)OCCO2. The highest BCUT2D eigenvalue weighted by Gasteiger charge is 2.41. The van der Waals surface area contributed by atoms with E-state index in [4.69, 9.17) is 32.7 Å². The Morgan fingerprint density at radius 3 is 2.24 bits per heavy atom. The number of anilines is 1. The van der Waals surface area contributed by atoms with Crippen molar-refractivity contribution < 1.29 is 14.3 Å². The van der Waals surface area contributed by atoms with Crippen LogP contribution >= 0.6 is 23.2 Å². The zero-order valence-electron chi connectivity index (χ0n) is 11.5. The molecule has 0 unspecified atom stereocenters. The molecule has 1 amide bonds. The van der Waals surface area contributed by atoms with Crippen molar-refractivity contribution in [2.75, 3.05) is 18.5 Å². The Morgan fingerprint density at radius 1 is 1.10 bits per heavy atom. The van der Waals surface area contributed by atoms with Gasteiger partial charge in [0.15, 0.2) is 5.79 Å². The highest BCUT2D eigenvalue weighted by Crippen LogP contribution is 2.38. The summed E-state index contributed by atoms with van der Waals surface area (Å²) in [4.78, 5) is 12.3. The number of carbonyl (C=O) groups is 1. The van der Waals surface area contributed by atoms with E-state index in [-0.39, 0.29) is 11.8 Å². The van der Waals surface area contributed by atoms with Crippen molar-refractivity contribution in [3.63, 3.8) is 0 Å². The summed E-state index contributed by atoms with van der Waals surface area (Å²) in [5.41, 5.74) is 0.631. The molecule has 4 nitrogen and oxygen atoms in total. The fraction of sp³-hybridized carbons (Fsp3) is 0.533. The van der Waals surface area contributed by atoms with Crippen molar-refractivity contribution in [2.24, 2.45) is 5.92 Å². The molecule has 1 aromatic rings. The van der Waals surface area contributed by atoms with E-state index >= 15 is 0 Å². The van der Waals surface area contributed by atoms with E-state index in [1.165, 1.54) is 0 Å². The van der Waals surface area contributed by atoms with Crippen molar-refractivity contribution in [1.29, 1.82) is 0 Å². The Bertz CT molecular complexity index is 513. The third kappa shape index (κ3) is 3.51. The van der Waals surface area contributed by atoms with Gasteiger partial charge in [-0.1, -0.05) is 23.2 Å². The van der Waals surface area contributed by atoms with Crippen LogP contribution in [0.4, 0.5) is 5.69 Å². The van der Waals surface area contributed by atoms with Gasteiger partial charge in [0.25, 0.3) is 0 Å². The first kappa shape index (κ1) is 15.1. The Morgan fingerprint density at radius 2 is 1.67 bits per heavy atom. The van der Waals surface area contributed by atoms with Crippen molar-refractivity contribution >= 4 is 34.8 Å². The topological polar surface area (TPSA) is 47.6 Å². The summed E-state index contributed by atoms with van der Waals surface area (Å²) < 4.78 is 11.3. The molecule has 1 N–H and O–H groups in total. The van der Waals surface area contributed by atoms with Crippen LogP contribution in [0.3, 0.4) is 0 Å². The number of hydrogen-bond donors (Lipinski definition) is 1. The molecule has 0 atom stereocenters. The molecule has 6 heteroatoms. The quantitative estimate of drug-likeness (QED) is 0.896. The lowest BCUT2D eigenvalue weighted by Crippen LogP contribution is -2.38. The molecule has 0 radical (unpaired) electrons. The molecule has 3 rings (SSSR count). The van der Waals surface area contributed by atoms with Crippen molar-refractivity contribution in [1.82, 2.24) is 0 Å². The molecule has 1 saturated carbocycles. The molecular formula is C15H17Cl2NO3. The molecule has 1 aromatic carbocycles. The van der Waals surface area contributed by atoms with E-state index in [1.807, 2.05) is 0 Å². The number of halogens is 2. The summed E-state index contributed by atoms with van der Waals surface area (Å²) in [6.07, 6.45) is 3.06. The fourth-order valence-corrected chi connectivity index (χ4v) is 3.50. The number of ether oxygens (including phenoxy) is 2. The average molecular weight is 330 g/mol. The number of benzene rings is 1. The van der Waals surface area contributed by atoms with E-state index in [0.29, 0.717) is 28.9 Å². The van der Waals surface area contributed by atoms with Crippen LogP contribution in [-0.4, -0.2) is 24.9 Å². The zero-order valence-corrected chi connectivity index (χ0v) is 13.0. The molecule has 0 bridgehead atoms. The van der Waals surface area contributed by atoms with Gasteiger partial charge in [-0.05, 0) is 31.0 Å². The average Bonchev–Trinajstić information content (AvgIpc) is 2.86. The molecule has 2 aliphatic rings. The van der Waals surface area contributed by atoms with Gasteiger partial charge < -0.3 is 14.8 Å². The highest BCUT2D eigenvalue weighted by molar-refractivity contribution is 6.35. The van der Waals surface area contributed by atoms with Gasteiger partial charge in [0.2, 0.25) is 5.91 Å². The molecule has 1 aliphatic carbocycles. The minimum atomic E-state index is -0.434. The van der Waals surface area contributed by atoms with Gasteiger partial charge in [-0.15, -0.1) is 0 Å². The molecule has 114 valence electrons. The first-order valence-electron chi connectivity index (χ1n) is 7.11. The number of rotatable bonds is 2. The maximum Gasteiger partial charge on any atom is 0.227 e. The summed E-state index contributed by atoms with van der Waals surface area (Å²) >= 11 is 11.9. The normalized spacial score (nSPS) is 21.6. The minimum absolute atomic E-state index is 0.00109. The second-order valence-corrected chi connectivity index (χ2v) is 6.40. The number of hydrogen-bond acceptors (Lipinski definition) is 3. The highest BCUT2D eigenvalue weighted by atomic mass is 35.5. The van der Waals surface area contributed by atoms with Gasteiger partial charge in [0.1, 0.15) is 0 Å². The van der Waals surface area contributed by atoms with Crippen LogP contribution in [0.25, 0.3) is 0 Å². The Hall–Kier alpha value is -0.810. The third-order valence-electron chi connectivity index (χ3n) is 4.06. The molecule has 1 aliphatic heterocycles. The predicted octanol–water partition coefficient (Wildman–Crippen LogP) is 3.87. The lowest BCUT2D eigenvalue weighted by atomic mass is 9.84. The first-order chi connectivity index (χ1) is 10.1. The second kappa shape index (κ2) is 6.13. The van der Waals surface area contributed by atoms with E-state index in [2.05, 4.69) is 5.32 Å². The second-order valence-electron chi connectivity index (χ2n) is 5.53. The van der Waals surface area contributed by atoms with Crippen LogP contribution in [0.2, 0.25) is 10.0 Å². The number of amides is 1. The predicted molar refractivity (Wildman–Crippen MR) is 81.7 cm³/mol. The van der Waals surface area contributed by atoms with E-state index < -0.39 is 5.79 Å². The van der Waals surface area contributed by atoms with E-state index in [9.17, 15) is 4.79 Å². The maximum atomic E-state index is 12.3. The lowest BCUT2D eigenvalue weighted by Gasteiger charge is -2.34. The summed E-state index contributed by atoms with van der Waals surface area (Å²) in [7, 11) is 0. The zero-order chi connectivity index (χ0) is 14.9. The van der Waals surface area contributed by atoms with Gasteiger partial charge in [0.05, 0.1) is 13.2 Å². The van der Waals surface area contributed by atoms with Gasteiger partial charge in [-0.3, -0.25) is 4.79 Å². The largest absolute Gasteiger partial charge is 0.348 e. The van der Waals surface area contributed by atoms with Gasteiger partial charge >= 0.3 is 0 Å². The Kier molecular flexibility index (Phi) is 4.41. The van der Waals surface area contributed by atoms with Crippen LogP contribution in [-0.2, 0) is 14.3 Å².